The molecule has 2 heterocycles. The number of rotatable bonds is 6. The van der Waals surface area contributed by atoms with Crippen molar-refractivity contribution in [2.24, 2.45) is 5.92 Å². The number of aromatic amines is 1. The average Bonchev–Trinajstić information content (AvgIpc) is 3.16. The highest BCUT2D eigenvalue weighted by molar-refractivity contribution is 5.92. The molecule has 5 heteroatoms. The molecule has 1 fully saturated rings. The van der Waals surface area contributed by atoms with E-state index in [1.165, 1.54) is 12.0 Å². The molecular weight excluding hydrogens is 302 g/mol. The van der Waals surface area contributed by atoms with Gasteiger partial charge in [0.25, 0.3) is 5.91 Å². The summed E-state index contributed by atoms with van der Waals surface area (Å²) in [6, 6.07) is 8.40. The minimum Gasteiger partial charge on any atom is -0.494 e. The summed E-state index contributed by atoms with van der Waals surface area (Å²) in [5.74, 6) is 1.70. The Morgan fingerprint density at radius 2 is 2.04 bits per heavy atom. The Labute approximate surface area is 143 Å². The Morgan fingerprint density at radius 3 is 2.67 bits per heavy atom. The van der Waals surface area contributed by atoms with Gasteiger partial charge in [-0.05, 0) is 56.2 Å². The Bertz CT molecular complexity index is 629. The van der Waals surface area contributed by atoms with Gasteiger partial charge in [-0.25, -0.2) is 4.98 Å². The van der Waals surface area contributed by atoms with Crippen molar-refractivity contribution in [3.05, 3.63) is 48.0 Å². The highest BCUT2D eigenvalue weighted by Gasteiger charge is 2.24. The number of hydrogen-bond donors (Lipinski definition) is 1. The van der Waals surface area contributed by atoms with Gasteiger partial charge in [-0.15, -0.1) is 0 Å². The molecular formula is C19H25N3O2. The molecule has 0 spiro atoms. The number of carbonyl (C=O) groups is 1. The first-order chi connectivity index (χ1) is 11.8. The van der Waals surface area contributed by atoms with Gasteiger partial charge in [0.15, 0.2) is 0 Å². The van der Waals surface area contributed by atoms with Crippen LogP contribution in [0.4, 0.5) is 0 Å². The van der Waals surface area contributed by atoms with E-state index in [9.17, 15) is 4.79 Å². The minimum atomic E-state index is 0.0671. The van der Waals surface area contributed by atoms with Gasteiger partial charge in [-0.2, -0.15) is 0 Å². The van der Waals surface area contributed by atoms with Gasteiger partial charge in [0.1, 0.15) is 11.4 Å². The topological polar surface area (TPSA) is 58.2 Å². The lowest BCUT2D eigenvalue weighted by atomic mass is 9.90. The van der Waals surface area contributed by atoms with Gasteiger partial charge in [0.2, 0.25) is 0 Å². The Balaban J connectivity index is 1.43. The van der Waals surface area contributed by atoms with E-state index in [0.29, 0.717) is 18.2 Å². The number of ether oxygens (including phenoxy) is 1. The predicted octanol–water partition coefficient (Wildman–Crippen LogP) is 3.29. The first-order valence-corrected chi connectivity index (χ1v) is 8.75. The molecule has 0 radical (unpaired) electrons. The summed E-state index contributed by atoms with van der Waals surface area (Å²) >= 11 is 0. The maximum absolute atomic E-state index is 12.3. The number of nitrogens with one attached hydrogen (secondary N) is 1. The SMILES string of the molecule is CCOc1ccc(CCC2CCN(C(=O)c3cnc[nH]3)CC2)cc1. The second-order valence-corrected chi connectivity index (χ2v) is 6.32. The summed E-state index contributed by atoms with van der Waals surface area (Å²) in [6.07, 6.45) is 7.58. The van der Waals surface area contributed by atoms with Crippen molar-refractivity contribution < 1.29 is 9.53 Å². The number of hydrogen-bond acceptors (Lipinski definition) is 3. The monoisotopic (exact) mass is 327 g/mol. The number of H-pyrrole nitrogens is 1. The quantitative estimate of drug-likeness (QED) is 0.885. The molecule has 0 aliphatic carbocycles. The van der Waals surface area contributed by atoms with Gasteiger partial charge >= 0.3 is 0 Å². The maximum atomic E-state index is 12.3. The molecule has 24 heavy (non-hydrogen) atoms. The fourth-order valence-corrected chi connectivity index (χ4v) is 3.26. The molecule has 0 saturated carbocycles. The van der Waals surface area contributed by atoms with E-state index >= 15 is 0 Å². The van der Waals surface area contributed by atoms with Crippen LogP contribution in [0.1, 0.15) is 42.2 Å². The van der Waals surface area contributed by atoms with Crippen LogP contribution in [0.15, 0.2) is 36.8 Å². The molecule has 0 bridgehead atoms. The summed E-state index contributed by atoms with van der Waals surface area (Å²) in [5.41, 5.74) is 1.94. The van der Waals surface area contributed by atoms with Crippen molar-refractivity contribution >= 4 is 5.91 Å². The van der Waals surface area contributed by atoms with Crippen LogP contribution in [-0.2, 0) is 6.42 Å². The zero-order chi connectivity index (χ0) is 16.8. The third-order valence-corrected chi connectivity index (χ3v) is 4.71. The lowest BCUT2D eigenvalue weighted by Gasteiger charge is -2.31. The molecule has 1 N–H and O–H groups in total. The van der Waals surface area contributed by atoms with E-state index in [4.69, 9.17) is 4.74 Å². The summed E-state index contributed by atoms with van der Waals surface area (Å²) in [6.45, 7) is 4.38. The lowest BCUT2D eigenvalue weighted by molar-refractivity contribution is 0.0681. The minimum absolute atomic E-state index is 0.0671. The van der Waals surface area contributed by atoms with Crippen molar-refractivity contribution in [3.8, 4) is 5.75 Å². The third-order valence-electron chi connectivity index (χ3n) is 4.71. The maximum Gasteiger partial charge on any atom is 0.271 e. The van der Waals surface area contributed by atoms with Crippen molar-refractivity contribution in [1.29, 1.82) is 0 Å². The number of carbonyl (C=O) groups excluding carboxylic acids is 1. The first-order valence-electron chi connectivity index (χ1n) is 8.75. The molecule has 128 valence electrons. The van der Waals surface area contributed by atoms with E-state index in [1.807, 2.05) is 24.0 Å². The largest absolute Gasteiger partial charge is 0.494 e. The summed E-state index contributed by atoms with van der Waals surface area (Å²) in [5, 5.41) is 0. The summed E-state index contributed by atoms with van der Waals surface area (Å²) < 4.78 is 5.48. The zero-order valence-electron chi connectivity index (χ0n) is 14.2. The van der Waals surface area contributed by atoms with Crippen molar-refractivity contribution in [3.63, 3.8) is 0 Å². The van der Waals surface area contributed by atoms with Crippen LogP contribution >= 0.6 is 0 Å². The molecule has 3 rings (SSSR count). The Hall–Kier alpha value is -2.30. The fraction of sp³-hybridized carbons (Fsp3) is 0.474. The van der Waals surface area contributed by atoms with Crippen molar-refractivity contribution in [2.75, 3.05) is 19.7 Å². The van der Waals surface area contributed by atoms with Crippen molar-refractivity contribution in [2.45, 2.75) is 32.6 Å². The molecule has 1 aliphatic rings. The average molecular weight is 327 g/mol. The van der Waals surface area contributed by atoms with E-state index < -0.39 is 0 Å². The van der Waals surface area contributed by atoms with Crippen LogP contribution in [-0.4, -0.2) is 40.5 Å². The normalized spacial score (nSPS) is 15.5. The van der Waals surface area contributed by atoms with Crippen molar-refractivity contribution in [1.82, 2.24) is 14.9 Å². The number of aromatic nitrogens is 2. The van der Waals surface area contributed by atoms with Gasteiger partial charge in [0.05, 0.1) is 19.1 Å². The second kappa shape index (κ2) is 7.99. The van der Waals surface area contributed by atoms with E-state index in [2.05, 4.69) is 22.1 Å². The molecule has 1 amide bonds. The lowest BCUT2D eigenvalue weighted by Crippen LogP contribution is -2.38. The molecule has 1 aromatic heterocycles. The van der Waals surface area contributed by atoms with Crippen LogP contribution in [0.3, 0.4) is 0 Å². The standard InChI is InChI=1S/C19H25N3O2/c1-2-24-17-7-5-15(6-8-17)3-4-16-9-11-22(12-10-16)19(23)18-13-20-14-21-18/h5-8,13-14,16H,2-4,9-12H2,1H3,(H,20,21). The van der Waals surface area contributed by atoms with E-state index in [1.54, 1.807) is 12.5 Å². The Morgan fingerprint density at radius 1 is 1.29 bits per heavy atom. The van der Waals surface area contributed by atoms with Gasteiger partial charge in [-0.3, -0.25) is 4.79 Å². The molecule has 1 aliphatic heterocycles. The molecule has 0 unspecified atom stereocenters. The summed E-state index contributed by atoms with van der Waals surface area (Å²) in [7, 11) is 0. The smallest absolute Gasteiger partial charge is 0.271 e. The van der Waals surface area contributed by atoms with Gasteiger partial charge < -0.3 is 14.6 Å². The highest BCUT2D eigenvalue weighted by atomic mass is 16.5. The number of amides is 1. The molecule has 1 aromatic carbocycles. The number of aryl methyl sites for hydroxylation is 1. The van der Waals surface area contributed by atoms with Gasteiger partial charge in [-0.1, -0.05) is 12.1 Å². The molecule has 2 aromatic rings. The second-order valence-electron chi connectivity index (χ2n) is 6.32. The number of nitrogens with zero attached hydrogens (tertiary/aromatic N) is 2. The predicted molar refractivity (Wildman–Crippen MR) is 93.1 cm³/mol. The summed E-state index contributed by atoms with van der Waals surface area (Å²) in [4.78, 5) is 21.0. The number of piperidine rings is 1. The highest BCUT2D eigenvalue weighted by Crippen LogP contribution is 2.24. The van der Waals surface area contributed by atoms with Crippen LogP contribution in [0.25, 0.3) is 0 Å². The van der Waals surface area contributed by atoms with Gasteiger partial charge in [0, 0.05) is 13.1 Å². The fourth-order valence-electron chi connectivity index (χ4n) is 3.26. The van der Waals surface area contributed by atoms with Crippen LogP contribution in [0.5, 0.6) is 5.75 Å². The number of imidazole rings is 1. The van der Waals surface area contributed by atoms with Crippen LogP contribution < -0.4 is 4.74 Å². The Kier molecular flexibility index (Phi) is 5.51. The van der Waals surface area contributed by atoms with Crippen LogP contribution in [0.2, 0.25) is 0 Å². The first kappa shape index (κ1) is 16.6. The molecule has 5 nitrogen and oxygen atoms in total. The third kappa shape index (κ3) is 4.16. The molecule has 1 saturated heterocycles. The van der Waals surface area contributed by atoms with Crippen LogP contribution in [0, 0.1) is 5.92 Å². The van der Waals surface area contributed by atoms with E-state index in [0.717, 1.165) is 38.1 Å². The van der Waals surface area contributed by atoms with E-state index in [-0.39, 0.29) is 5.91 Å². The number of benzene rings is 1. The number of likely N-dealkylation sites (tertiary alicyclic amines) is 1. The zero-order valence-corrected chi connectivity index (χ0v) is 14.2. The molecule has 0 atom stereocenters.